The highest BCUT2D eigenvalue weighted by atomic mass is 35.5. The molecule has 26 heavy (non-hydrogen) atoms. The fraction of sp³-hybridized carbons (Fsp3) is 0.579. The molecule has 2 fully saturated rings. The molecule has 1 aromatic carbocycles. The summed E-state index contributed by atoms with van der Waals surface area (Å²) in [7, 11) is 0. The first-order valence-electron chi connectivity index (χ1n) is 8.97. The lowest BCUT2D eigenvalue weighted by Crippen LogP contribution is -2.57. The zero-order valence-corrected chi connectivity index (χ0v) is 16.0. The lowest BCUT2D eigenvalue weighted by molar-refractivity contribution is -0.155. The Bertz CT molecular complexity index is 605. The molecular weight excluding hydrogens is 354 g/mol. The van der Waals surface area contributed by atoms with E-state index in [9.17, 15) is 9.59 Å². The number of rotatable bonds is 5. The van der Waals surface area contributed by atoms with Crippen LogP contribution in [0, 0.1) is 5.41 Å². The lowest BCUT2D eigenvalue weighted by Gasteiger charge is -2.37. The van der Waals surface area contributed by atoms with Gasteiger partial charge in [-0.2, -0.15) is 0 Å². The Kier molecular flexibility index (Phi) is 7.43. The van der Waals surface area contributed by atoms with E-state index >= 15 is 0 Å². The third-order valence-electron chi connectivity index (χ3n) is 5.20. The number of carbonyl (C=O) groups is 2. The van der Waals surface area contributed by atoms with Crippen LogP contribution in [0.4, 0.5) is 0 Å². The molecule has 2 heterocycles. The molecule has 3 rings (SSSR count). The van der Waals surface area contributed by atoms with Crippen LogP contribution in [0.3, 0.4) is 0 Å². The average Bonchev–Trinajstić information content (AvgIpc) is 2.63. The molecule has 0 radical (unpaired) electrons. The van der Waals surface area contributed by atoms with Gasteiger partial charge in [0.2, 0.25) is 11.8 Å². The predicted octanol–water partition coefficient (Wildman–Crippen LogP) is 1.34. The van der Waals surface area contributed by atoms with Crippen LogP contribution in [0.2, 0.25) is 0 Å². The Balaban J connectivity index is 0.00000243. The Morgan fingerprint density at radius 2 is 2.00 bits per heavy atom. The number of nitrogens with one attached hydrogen (secondary N) is 2. The van der Waals surface area contributed by atoms with Crippen molar-refractivity contribution in [1.82, 2.24) is 15.5 Å². The van der Waals surface area contributed by atoms with Gasteiger partial charge in [-0.3, -0.25) is 9.59 Å². The molecule has 0 aliphatic carbocycles. The highest BCUT2D eigenvalue weighted by Crippen LogP contribution is 2.26. The number of hydrogen-bond acceptors (Lipinski definition) is 4. The summed E-state index contributed by atoms with van der Waals surface area (Å²) in [6.07, 6.45) is 2.09. The van der Waals surface area contributed by atoms with Crippen LogP contribution in [0.25, 0.3) is 0 Å². The molecule has 0 spiro atoms. The minimum absolute atomic E-state index is 0. The molecule has 1 aromatic rings. The fourth-order valence-corrected chi connectivity index (χ4v) is 3.43. The van der Waals surface area contributed by atoms with Gasteiger partial charge in [-0.1, -0.05) is 37.3 Å². The van der Waals surface area contributed by atoms with E-state index in [4.69, 9.17) is 4.74 Å². The molecule has 2 saturated heterocycles. The first-order valence-corrected chi connectivity index (χ1v) is 8.97. The maximum Gasteiger partial charge on any atom is 0.249 e. The highest BCUT2D eigenvalue weighted by molar-refractivity contribution is 5.89. The van der Waals surface area contributed by atoms with Gasteiger partial charge in [0.1, 0.15) is 12.6 Å². The lowest BCUT2D eigenvalue weighted by atomic mass is 9.81. The minimum Gasteiger partial charge on any atom is -0.369 e. The average molecular weight is 382 g/mol. The van der Waals surface area contributed by atoms with Crippen molar-refractivity contribution in [1.29, 1.82) is 0 Å². The summed E-state index contributed by atoms with van der Waals surface area (Å²) in [6, 6.07) is 9.18. The van der Waals surface area contributed by atoms with Crippen molar-refractivity contribution in [2.45, 2.75) is 32.4 Å². The van der Waals surface area contributed by atoms with E-state index in [-0.39, 0.29) is 42.9 Å². The third kappa shape index (κ3) is 5.19. The summed E-state index contributed by atoms with van der Waals surface area (Å²) < 4.78 is 5.34. The maximum atomic E-state index is 12.7. The maximum absolute atomic E-state index is 12.7. The van der Waals surface area contributed by atoms with Crippen LogP contribution < -0.4 is 10.6 Å². The van der Waals surface area contributed by atoms with Crippen molar-refractivity contribution in [2.24, 2.45) is 5.41 Å². The normalized spacial score (nSPS) is 22.4. The summed E-state index contributed by atoms with van der Waals surface area (Å²) in [6.45, 7) is 5.54. The number of hydrogen-bond donors (Lipinski definition) is 2. The molecule has 2 aliphatic rings. The van der Waals surface area contributed by atoms with Crippen LogP contribution in [0.1, 0.15) is 25.3 Å². The Hall–Kier alpha value is -1.63. The molecule has 144 valence electrons. The van der Waals surface area contributed by atoms with Crippen molar-refractivity contribution in [3.05, 3.63) is 35.9 Å². The summed E-state index contributed by atoms with van der Waals surface area (Å²) in [4.78, 5) is 26.7. The SMILES string of the molecule is CC1(CNC(=O)[C@H]2COCC(=O)N2Cc2ccccc2)CCNCC1.Cl. The van der Waals surface area contributed by atoms with E-state index in [2.05, 4.69) is 17.6 Å². The van der Waals surface area contributed by atoms with Crippen LogP contribution in [-0.2, 0) is 20.9 Å². The number of morpholine rings is 1. The number of benzene rings is 1. The number of piperidine rings is 1. The second kappa shape index (κ2) is 9.35. The van der Waals surface area contributed by atoms with E-state index < -0.39 is 6.04 Å². The molecule has 7 heteroatoms. The summed E-state index contributed by atoms with van der Waals surface area (Å²) in [5.41, 5.74) is 1.13. The Morgan fingerprint density at radius 3 is 2.69 bits per heavy atom. The molecule has 2 aliphatic heterocycles. The summed E-state index contributed by atoms with van der Waals surface area (Å²) in [5.74, 6) is -0.257. The van der Waals surface area contributed by atoms with Gasteiger partial charge in [0.05, 0.1) is 6.61 Å². The van der Waals surface area contributed by atoms with Crippen molar-refractivity contribution in [3.63, 3.8) is 0 Å². The van der Waals surface area contributed by atoms with Gasteiger partial charge in [0, 0.05) is 13.1 Å². The van der Waals surface area contributed by atoms with E-state index in [0.29, 0.717) is 13.1 Å². The van der Waals surface area contributed by atoms with Crippen LogP contribution in [0.15, 0.2) is 30.3 Å². The van der Waals surface area contributed by atoms with Gasteiger partial charge in [-0.05, 0) is 36.9 Å². The number of ether oxygens (including phenoxy) is 1. The number of amides is 2. The second-order valence-corrected chi connectivity index (χ2v) is 7.32. The standard InChI is InChI=1S/C19H27N3O3.ClH/c1-19(7-9-20-10-8-19)14-21-18(24)16-12-25-13-17(23)22(16)11-15-5-3-2-4-6-15;/h2-6,16,20H,7-14H2,1H3,(H,21,24);1H/t16-;/m1./s1. The highest BCUT2D eigenvalue weighted by Gasteiger charge is 2.35. The van der Waals surface area contributed by atoms with Gasteiger partial charge in [0.15, 0.2) is 0 Å². The van der Waals surface area contributed by atoms with Crippen molar-refractivity contribution in [2.75, 3.05) is 32.8 Å². The third-order valence-corrected chi connectivity index (χ3v) is 5.20. The molecule has 1 atom stereocenters. The van der Waals surface area contributed by atoms with Gasteiger partial charge in [-0.15, -0.1) is 12.4 Å². The number of halogens is 1. The molecular formula is C19H28ClN3O3. The van der Waals surface area contributed by atoms with E-state index in [1.165, 1.54) is 0 Å². The first-order chi connectivity index (χ1) is 12.1. The summed E-state index contributed by atoms with van der Waals surface area (Å²) in [5, 5.41) is 6.40. The zero-order valence-electron chi connectivity index (χ0n) is 15.2. The van der Waals surface area contributed by atoms with Crippen LogP contribution in [-0.4, -0.2) is 55.6 Å². The molecule has 2 N–H and O–H groups in total. The largest absolute Gasteiger partial charge is 0.369 e. The van der Waals surface area contributed by atoms with Crippen molar-refractivity contribution >= 4 is 24.2 Å². The molecule has 0 saturated carbocycles. The van der Waals surface area contributed by atoms with Crippen LogP contribution in [0.5, 0.6) is 0 Å². The molecule has 2 amide bonds. The van der Waals surface area contributed by atoms with E-state index in [1.54, 1.807) is 4.90 Å². The fourth-order valence-electron chi connectivity index (χ4n) is 3.43. The molecule has 0 bridgehead atoms. The zero-order chi connectivity index (χ0) is 17.7. The Labute approximate surface area is 161 Å². The van der Waals surface area contributed by atoms with E-state index in [0.717, 1.165) is 31.5 Å². The van der Waals surface area contributed by atoms with Crippen LogP contribution >= 0.6 is 12.4 Å². The van der Waals surface area contributed by atoms with Crippen molar-refractivity contribution < 1.29 is 14.3 Å². The van der Waals surface area contributed by atoms with Gasteiger partial charge >= 0.3 is 0 Å². The second-order valence-electron chi connectivity index (χ2n) is 7.32. The Morgan fingerprint density at radius 1 is 1.31 bits per heavy atom. The minimum atomic E-state index is -0.563. The topological polar surface area (TPSA) is 70.7 Å². The van der Waals surface area contributed by atoms with Gasteiger partial charge < -0.3 is 20.3 Å². The number of nitrogens with zero attached hydrogens (tertiary/aromatic N) is 1. The first kappa shape index (κ1) is 20.7. The molecule has 6 nitrogen and oxygen atoms in total. The monoisotopic (exact) mass is 381 g/mol. The van der Waals surface area contributed by atoms with Gasteiger partial charge in [0.25, 0.3) is 0 Å². The predicted molar refractivity (Wildman–Crippen MR) is 102 cm³/mol. The smallest absolute Gasteiger partial charge is 0.249 e. The quantitative estimate of drug-likeness (QED) is 0.807. The van der Waals surface area contributed by atoms with Crippen molar-refractivity contribution in [3.8, 4) is 0 Å². The molecule has 0 aromatic heterocycles. The molecule has 0 unspecified atom stereocenters. The summed E-state index contributed by atoms with van der Waals surface area (Å²) >= 11 is 0. The number of carbonyl (C=O) groups excluding carboxylic acids is 2. The van der Waals surface area contributed by atoms with Gasteiger partial charge in [-0.25, -0.2) is 0 Å². The van der Waals surface area contributed by atoms with E-state index in [1.807, 2.05) is 30.3 Å².